The summed E-state index contributed by atoms with van der Waals surface area (Å²) in [5, 5.41) is 4.79. The van der Waals surface area contributed by atoms with Crippen molar-refractivity contribution in [1.29, 1.82) is 0 Å². The van der Waals surface area contributed by atoms with Crippen LogP contribution < -0.4 is 0 Å². The monoisotopic (exact) mass is 190 g/mol. The highest BCUT2D eigenvalue weighted by atomic mass is 15.3. The minimum Gasteiger partial charge on any atom is -0.269 e. The average molecular weight is 190 g/mol. The van der Waals surface area contributed by atoms with Crippen LogP contribution >= 0.6 is 0 Å². The average Bonchev–Trinajstić information content (AvgIpc) is 2.75. The zero-order chi connectivity index (χ0) is 9.71. The lowest BCUT2D eigenvalue weighted by Crippen LogP contribution is -1.95. The van der Waals surface area contributed by atoms with Crippen LogP contribution in [0.25, 0.3) is 0 Å². The fourth-order valence-electron chi connectivity index (χ4n) is 2.66. The molecule has 1 saturated carbocycles. The predicted octanol–water partition coefficient (Wildman–Crippen LogP) is 2.83. The van der Waals surface area contributed by atoms with E-state index >= 15 is 0 Å². The lowest BCUT2D eigenvalue weighted by molar-refractivity contribution is 0.644. The van der Waals surface area contributed by atoms with Gasteiger partial charge in [0.1, 0.15) is 0 Å². The molecule has 76 valence electrons. The Bertz CT molecular complexity index is 359. The van der Waals surface area contributed by atoms with Crippen molar-refractivity contribution < 1.29 is 0 Å². The molecule has 1 aromatic rings. The second-order valence-corrected chi connectivity index (χ2v) is 5.00. The minimum absolute atomic E-state index is 0.660. The highest BCUT2D eigenvalue weighted by molar-refractivity contribution is 5.35. The molecule has 0 radical (unpaired) electrons. The largest absolute Gasteiger partial charge is 0.269 e. The molecule has 14 heavy (non-hydrogen) atoms. The van der Waals surface area contributed by atoms with Crippen LogP contribution in [0, 0.1) is 0 Å². The van der Waals surface area contributed by atoms with E-state index in [1.165, 1.54) is 31.4 Å². The van der Waals surface area contributed by atoms with Gasteiger partial charge < -0.3 is 0 Å². The van der Waals surface area contributed by atoms with Crippen LogP contribution in [-0.4, -0.2) is 9.78 Å². The molecule has 0 amide bonds. The van der Waals surface area contributed by atoms with Gasteiger partial charge in [0, 0.05) is 18.2 Å². The maximum Gasteiger partial charge on any atom is 0.0692 e. The highest BCUT2D eigenvalue weighted by Gasteiger charge is 2.33. The second kappa shape index (κ2) is 2.85. The Kier molecular flexibility index (Phi) is 1.73. The Morgan fingerprint density at radius 2 is 2.14 bits per heavy atom. The molecule has 0 unspecified atom stereocenters. The number of aromatic nitrogens is 2. The third-order valence-electron chi connectivity index (χ3n) is 3.45. The third-order valence-corrected chi connectivity index (χ3v) is 3.45. The molecule has 0 bridgehead atoms. The van der Waals surface area contributed by atoms with Gasteiger partial charge in [-0.1, -0.05) is 13.8 Å². The molecule has 2 heteroatoms. The molecule has 2 heterocycles. The second-order valence-electron chi connectivity index (χ2n) is 5.00. The summed E-state index contributed by atoms with van der Waals surface area (Å²) in [5.41, 5.74) is 4.57. The van der Waals surface area contributed by atoms with Crippen molar-refractivity contribution >= 4 is 0 Å². The van der Waals surface area contributed by atoms with Crippen molar-refractivity contribution in [1.82, 2.24) is 9.78 Å². The molecule has 2 aliphatic rings. The zero-order valence-corrected chi connectivity index (χ0v) is 9.08. The van der Waals surface area contributed by atoms with Crippen LogP contribution in [0.4, 0.5) is 0 Å². The van der Waals surface area contributed by atoms with Gasteiger partial charge in [0.15, 0.2) is 0 Å². The zero-order valence-electron chi connectivity index (χ0n) is 9.08. The van der Waals surface area contributed by atoms with E-state index in [2.05, 4.69) is 18.5 Å². The molecule has 1 aliphatic heterocycles. The van der Waals surface area contributed by atoms with Crippen molar-refractivity contribution in [2.45, 2.75) is 57.9 Å². The molecule has 0 aromatic carbocycles. The Balaban J connectivity index is 2.10. The summed E-state index contributed by atoms with van der Waals surface area (Å²) in [6, 6.07) is 0. The number of nitrogens with zero attached hydrogens (tertiary/aromatic N) is 2. The van der Waals surface area contributed by atoms with Crippen molar-refractivity contribution in [3.63, 3.8) is 0 Å². The number of hydrogen-bond acceptors (Lipinski definition) is 1. The van der Waals surface area contributed by atoms with E-state index in [9.17, 15) is 0 Å². The summed E-state index contributed by atoms with van der Waals surface area (Å²) < 4.78 is 2.27. The Morgan fingerprint density at radius 1 is 1.36 bits per heavy atom. The molecule has 0 N–H and O–H groups in total. The predicted molar refractivity (Wildman–Crippen MR) is 56.6 cm³/mol. The molecule has 0 atom stereocenters. The van der Waals surface area contributed by atoms with Gasteiger partial charge in [0.05, 0.1) is 5.69 Å². The molecular weight excluding hydrogens is 172 g/mol. The van der Waals surface area contributed by atoms with Crippen LogP contribution in [0.5, 0.6) is 0 Å². The van der Waals surface area contributed by atoms with Gasteiger partial charge in [-0.2, -0.15) is 5.10 Å². The third kappa shape index (κ3) is 1.13. The van der Waals surface area contributed by atoms with Crippen molar-refractivity contribution in [3.8, 4) is 0 Å². The molecule has 1 aromatic heterocycles. The van der Waals surface area contributed by atoms with Gasteiger partial charge in [0.2, 0.25) is 0 Å². The summed E-state index contributed by atoms with van der Waals surface area (Å²) in [7, 11) is 0. The molecule has 0 spiro atoms. The summed E-state index contributed by atoms with van der Waals surface area (Å²) in [6.45, 7) is 5.77. The van der Waals surface area contributed by atoms with E-state index in [-0.39, 0.29) is 0 Å². The summed E-state index contributed by atoms with van der Waals surface area (Å²) in [6.07, 6.45) is 5.30. The van der Waals surface area contributed by atoms with E-state index < -0.39 is 0 Å². The van der Waals surface area contributed by atoms with Crippen LogP contribution in [0.3, 0.4) is 0 Å². The van der Waals surface area contributed by atoms with Crippen molar-refractivity contribution in [2.24, 2.45) is 0 Å². The molecule has 0 saturated heterocycles. The SMILES string of the molecule is CC(C)c1c(C2CC2)nn2c1CCC2. The topological polar surface area (TPSA) is 17.8 Å². The van der Waals surface area contributed by atoms with E-state index in [0.717, 1.165) is 12.5 Å². The smallest absolute Gasteiger partial charge is 0.0692 e. The summed E-state index contributed by atoms with van der Waals surface area (Å²) in [4.78, 5) is 0. The Hall–Kier alpha value is -0.790. The number of hydrogen-bond donors (Lipinski definition) is 0. The summed E-state index contributed by atoms with van der Waals surface area (Å²) >= 11 is 0. The van der Waals surface area contributed by atoms with Crippen molar-refractivity contribution in [3.05, 3.63) is 17.0 Å². The van der Waals surface area contributed by atoms with Crippen LogP contribution in [-0.2, 0) is 13.0 Å². The van der Waals surface area contributed by atoms with Gasteiger partial charge in [-0.3, -0.25) is 4.68 Å². The molecule has 3 rings (SSSR count). The quantitative estimate of drug-likeness (QED) is 0.701. The summed E-state index contributed by atoms with van der Waals surface area (Å²) in [5.74, 6) is 1.47. The fourth-order valence-corrected chi connectivity index (χ4v) is 2.66. The normalized spacial score (nSPS) is 20.5. The first kappa shape index (κ1) is 8.51. The van der Waals surface area contributed by atoms with Gasteiger partial charge in [-0.25, -0.2) is 0 Å². The highest BCUT2D eigenvalue weighted by Crippen LogP contribution is 2.44. The number of fused-ring (bicyclic) bond motifs is 1. The van der Waals surface area contributed by atoms with Gasteiger partial charge in [-0.15, -0.1) is 0 Å². The first-order chi connectivity index (χ1) is 6.77. The maximum absolute atomic E-state index is 4.79. The van der Waals surface area contributed by atoms with Crippen molar-refractivity contribution in [2.75, 3.05) is 0 Å². The van der Waals surface area contributed by atoms with Gasteiger partial charge in [0.25, 0.3) is 0 Å². The first-order valence-corrected chi connectivity index (χ1v) is 5.87. The van der Waals surface area contributed by atoms with Crippen LogP contribution in [0.1, 0.15) is 61.9 Å². The lowest BCUT2D eigenvalue weighted by Gasteiger charge is -2.06. The lowest BCUT2D eigenvalue weighted by atomic mass is 9.97. The molecule has 2 nitrogen and oxygen atoms in total. The van der Waals surface area contributed by atoms with E-state index in [0.29, 0.717) is 5.92 Å². The van der Waals surface area contributed by atoms with Gasteiger partial charge in [-0.05, 0) is 37.2 Å². The standard InChI is InChI=1S/C12H18N2/c1-8(2)11-10-4-3-7-14(10)13-12(11)9-5-6-9/h8-9H,3-7H2,1-2H3. The molecule has 1 aliphatic carbocycles. The van der Waals surface area contributed by atoms with Gasteiger partial charge >= 0.3 is 0 Å². The molecule has 1 fully saturated rings. The van der Waals surface area contributed by atoms with E-state index in [1.807, 2.05) is 0 Å². The number of aryl methyl sites for hydroxylation is 1. The van der Waals surface area contributed by atoms with Crippen LogP contribution in [0.15, 0.2) is 0 Å². The minimum atomic E-state index is 0.660. The van der Waals surface area contributed by atoms with E-state index in [1.54, 1.807) is 11.3 Å². The maximum atomic E-state index is 4.79. The van der Waals surface area contributed by atoms with E-state index in [4.69, 9.17) is 5.10 Å². The Labute approximate surface area is 85.3 Å². The van der Waals surface area contributed by atoms with Crippen LogP contribution in [0.2, 0.25) is 0 Å². The Morgan fingerprint density at radius 3 is 2.79 bits per heavy atom. The fraction of sp³-hybridized carbons (Fsp3) is 0.750. The first-order valence-electron chi connectivity index (χ1n) is 5.87. The molecular formula is C12H18N2. The number of rotatable bonds is 2.